The Bertz CT molecular complexity index is 952. The maximum atomic E-state index is 13.7. The first-order chi connectivity index (χ1) is 13.9. The van der Waals surface area contributed by atoms with Gasteiger partial charge in [0.15, 0.2) is 0 Å². The molecule has 2 aromatic rings. The predicted molar refractivity (Wildman–Crippen MR) is 102 cm³/mol. The quantitative estimate of drug-likeness (QED) is 0.637. The van der Waals surface area contributed by atoms with Gasteiger partial charge in [0.05, 0.1) is 28.9 Å². The Kier molecular flexibility index (Phi) is 7.38. The minimum absolute atomic E-state index is 0.115. The molecule has 0 saturated heterocycles. The number of rotatable bonds is 6. The SMILES string of the molecule is CC(C(=O)Nc1ccc(F)cc1F)N(C)CC(=O)Nc1ccc(Cl)c(C(F)(F)F)c1. The first kappa shape index (κ1) is 23.6. The molecule has 0 bridgehead atoms. The molecule has 5 nitrogen and oxygen atoms in total. The first-order valence-electron chi connectivity index (χ1n) is 8.51. The first-order valence-corrected chi connectivity index (χ1v) is 8.89. The van der Waals surface area contributed by atoms with Crippen molar-refractivity contribution in [1.82, 2.24) is 4.90 Å². The third-order valence-electron chi connectivity index (χ3n) is 4.18. The molecule has 162 valence electrons. The fourth-order valence-corrected chi connectivity index (χ4v) is 2.64. The van der Waals surface area contributed by atoms with Crippen LogP contribution in [0.1, 0.15) is 12.5 Å². The molecule has 0 spiro atoms. The summed E-state index contributed by atoms with van der Waals surface area (Å²) in [5.74, 6) is -3.11. The van der Waals surface area contributed by atoms with Crippen LogP contribution in [0.5, 0.6) is 0 Å². The van der Waals surface area contributed by atoms with Crippen LogP contribution < -0.4 is 10.6 Å². The third-order valence-corrected chi connectivity index (χ3v) is 4.51. The van der Waals surface area contributed by atoms with Crippen LogP contribution in [-0.4, -0.2) is 36.3 Å². The van der Waals surface area contributed by atoms with E-state index >= 15 is 0 Å². The van der Waals surface area contributed by atoms with Crippen LogP contribution in [0.15, 0.2) is 36.4 Å². The maximum absolute atomic E-state index is 13.7. The highest BCUT2D eigenvalue weighted by Crippen LogP contribution is 2.36. The van der Waals surface area contributed by atoms with Crippen molar-refractivity contribution >= 4 is 34.8 Å². The topological polar surface area (TPSA) is 61.4 Å². The van der Waals surface area contributed by atoms with Gasteiger partial charge < -0.3 is 10.6 Å². The van der Waals surface area contributed by atoms with E-state index in [0.29, 0.717) is 12.1 Å². The summed E-state index contributed by atoms with van der Waals surface area (Å²) in [6.07, 6.45) is -4.68. The Balaban J connectivity index is 1.98. The average Bonchev–Trinajstić information content (AvgIpc) is 2.63. The zero-order valence-electron chi connectivity index (χ0n) is 15.8. The van der Waals surface area contributed by atoms with Crippen molar-refractivity contribution < 1.29 is 31.5 Å². The van der Waals surface area contributed by atoms with Gasteiger partial charge in [0.25, 0.3) is 0 Å². The van der Waals surface area contributed by atoms with Gasteiger partial charge in [0.1, 0.15) is 11.6 Å². The molecule has 30 heavy (non-hydrogen) atoms. The molecule has 2 aromatic carbocycles. The molecular formula is C19H17ClF5N3O2. The number of hydrogen-bond donors (Lipinski definition) is 2. The summed E-state index contributed by atoms with van der Waals surface area (Å²) in [6.45, 7) is 1.10. The second kappa shape index (κ2) is 9.40. The number of benzene rings is 2. The molecule has 2 N–H and O–H groups in total. The number of alkyl halides is 3. The zero-order valence-corrected chi connectivity index (χ0v) is 16.5. The number of carbonyl (C=O) groups excluding carboxylic acids is 2. The van der Waals surface area contributed by atoms with Gasteiger partial charge in [-0.2, -0.15) is 13.2 Å². The Morgan fingerprint density at radius 3 is 2.37 bits per heavy atom. The molecule has 11 heteroatoms. The molecule has 2 amide bonds. The van der Waals surface area contributed by atoms with Crippen molar-refractivity contribution in [2.45, 2.75) is 19.1 Å². The highest BCUT2D eigenvalue weighted by atomic mass is 35.5. The molecule has 2 rings (SSSR count). The highest BCUT2D eigenvalue weighted by Gasteiger charge is 2.33. The highest BCUT2D eigenvalue weighted by molar-refractivity contribution is 6.31. The summed E-state index contributed by atoms with van der Waals surface area (Å²) in [6, 6.07) is 4.66. The van der Waals surface area contributed by atoms with E-state index in [1.807, 2.05) is 0 Å². The smallest absolute Gasteiger partial charge is 0.325 e. The molecule has 0 aliphatic rings. The van der Waals surface area contributed by atoms with Gasteiger partial charge in [-0.25, -0.2) is 8.78 Å². The molecule has 0 aliphatic heterocycles. The molecular weight excluding hydrogens is 433 g/mol. The van der Waals surface area contributed by atoms with Crippen LogP contribution in [0.2, 0.25) is 5.02 Å². The number of nitrogens with zero attached hydrogens (tertiary/aromatic N) is 1. The van der Waals surface area contributed by atoms with Crippen LogP contribution >= 0.6 is 11.6 Å². The summed E-state index contributed by atoms with van der Waals surface area (Å²) in [4.78, 5) is 25.7. The molecule has 0 aromatic heterocycles. The number of nitrogens with one attached hydrogen (secondary N) is 2. The van der Waals surface area contributed by atoms with Crippen LogP contribution in [0, 0.1) is 11.6 Å². The molecule has 1 unspecified atom stereocenters. The Hall–Kier alpha value is -2.72. The molecule has 0 saturated carbocycles. The van der Waals surface area contributed by atoms with Crippen LogP contribution in [0.3, 0.4) is 0 Å². The summed E-state index contributed by atoms with van der Waals surface area (Å²) in [5.41, 5.74) is -1.44. The van der Waals surface area contributed by atoms with E-state index in [2.05, 4.69) is 10.6 Å². The number of amides is 2. The van der Waals surface area contributed by atoms with Gasteiger partial charge in [-0.3, -0.25) is 14.5 Å². The molecule has 0 heterocycles. The number of carbonyl (C=O) groups is 2. The van der Waals surface area contributed by atoms with E-state index in [0.717, 1.165) is 18.2 Å². The maximum Gasteiger partial charge on any atom is 0.417 e. The Morgan fingerprint density at radius 2 is 1.77 bits per heavy atom. The lowest BCUT2D eigenvalue weighted by atomic mass is 10.2. The van der Waals surface area contributed by atoms with Crippen LogP contribution in [0.4, 0.5) is 33.3 Å². The van der Waals surface area contributed by atoms with Gasteiger partial charge in [-0.1, -0.05) is 11.6 Å². The summed E-state index contributed by atoms with van der Waals surface area (Å²) in [5, 5.41) is 4.07. The molecule has 1 atom stereocenters. The van der Waals surface area contributed by atoms with E-state index in [1.54, 1.807) is 0 Å². The van der Waals surface area contributed by atoms with Crippen molar-refractivity contribution in [3.05, 3.63) is 58.6 Å². The minimum Gasteiger partial charge on any atom is -0.325 e. The molecule has 0 radical (unpaired) electrons. The number of likely N-dealkylation sites (N-methyl/N-ethyl adjacent to an activating group) is 1. The monoisotopic (exact) mass is 449 g/mol. The average molecular weight is 450 g/mol. The van der Waals surface area contributed by atoms with E-state index in [4.69, 9.17) is 11.6 Å². The second-order valence-corrected chi connectivity index (χ2v) is 6.85. The van der Waals surface area contributed by atoms with Gasteiger partial charge >= 0.3 is 6.18 Å². The van der Waals surface area contributed by atoms with Crippen molar-refractivity contribution in [2.75, 3.05) is 24.2 Å². The largest absolute Gasteiger partial charge is 0.417 e. The van der Waals surface area contributed by atoms with Crippen molar-refractivity contribution in [2.24, 2.45) is 0 Å². The fourth-order valence-electron chi connectivity index (χ4n) is 2.41. The molecule has 0 fully saturated rings. The number of halogens is 6. The van der Waals surface area contributed by atoms with Gasteiger partial charge in [-0.05, 0) is 44.3 Å². The Labute approximate surface area is 173 Å². The second-order valence-electron chi connectivity index (χ2n) is 6.45. The minimum atomic E-state index is -4.68. The zero-order chi connectivity index (χ0) is 22.6. The lowest BCUT2D eigenvalue weighted by molar-refractivity contribution is -0.137. The molecule has 0 aliphatic carbocycles. The van der Waals surface area contributed by atoms with E-state index in [1.165, 1.54) is 24.9 Å². The summed E-state index contributed by atoms with van der Waals surface area (Å²) >= 11 is 5.53. The van der Waals surface area contributed by atoms with E-state index in [-0.39, 0.29) is 17.9 Å². The van der Waals surface area contributed by atoms with Crippen LogP contribution in [0.25, 0.3) is 0 Å². The summed E-state index contributed by atoms with van der Waals surface area (Å²) in [7, 11) is 1.42. The number of hydrogen-bond acceptors (Lipinski definition) is 3. The normalized spacial score (nSPS) is 12.6. The van der Waals surface area contributed by atoms with Crippen LogP contribution in [-0.2, 0) is 15.8 Å². The predicted octanol–water partition coefficient (Wildman–Crippen LogP) is 4.53. The Morgan fingerprint density at radius 1 is 1.10 bits per heavy atom. The lowest BCUT2D eigenvalue weighted by Gasteiger charge is -2.23. The van der Waals surface area contributed by atoms with Gasteiger partial charge in [-0.15, -0.1) is 0 Å². The van der Waals surface area contributed by atoms with Crippen molar-refractivity contribution in [3.63, 3.8) is 0 Å². The van der Waals surface area contributed by atoms with Crippen molar-refractivity contribution in [3.8, 4) is 0 Å². The third kappa shape index (κ3) is 6.14. The lowest BCUT2D eigenvalue weighted by Crippen LogP contribution is -2.43. The van der Waals surface area contributed by atoms with E-state index in [9.17, 15) is 31.5 Å². The fraction of sp³-hybridized carbons (Fsp3) is 0.263. The van der Waals surface area contributed by atoms with E-state index < -0.39 is 46.3 Å². The summed E-state index contributed by atoms with van der Waals surface area (Å²) < 4.78 is 65.3. The number of anilines is 2. The standard InChI is InChI=1S/C19H17ClF5N3O2/c1-10(18(30)27-16-6-3-11(21)7-15(16)22)28(2)9-17(29)26-12-4-5-14(20)13(8-12)19(23,24)25/h3-8,10H,9H2,1-2H3,(H,26,29)(H,27,30). The van der Waals surface area contributed by atoms with Crippen molar-refractivity contribution in [1.29, 1.82) is 0 Å². The van der Waals surface area contributed by atoms with Gasteiger partial charge in [0, 0.05) is 11.8 Å². The van der Waals surface area contributed by atoms with Gasteiger partial charge in [0.2, 0.25) is 11.8 Å².